The van der Waals surface area contributed by atoms with Gasteiger partial charge in [-0.2, -0.15) is 5.10 Å². The number of aryl methyl sites for hydroxylation is 1. The van der Waals surface area contributed by atoms with E-state index in [9.17, 15) is 9.90 Å². The summed E-state index contributed by atoms with van der Waals surface area (Å²) in [6.45, 7) is 1.85. The van der Waals surface area contributed by atoms with E-state index >= 15 is 0 Å². The lowest BCUT2D eigenvalue weighted by molar-refractivity contribution is 0.0954. The quantitative estimate of drug-likeness (QED) is 0.669. The Morgan fingerprint density at radius 3 is 2.71 bits per heavy atom. The summed E-state index contributed by atoms with van der Waals surface area (Å²) in [7, 11) is 1.47. The number of amides is 1. The number of rotatable bonds is 4. The number of ether oxygens (including phenoxy) is 1. The first-order chi connectivity index (χ1) is 10.1. The van der Waals surface area contributed by atoms with Crippen LogP contribution in [0.1, 0.15) is 21.5 Å². The predicted octanol–water partition coefficient (Wildman–Crippen LogP) is 2.47. The van der Waals surface area contributed by atoms with Crippen LogP contribution in [0.5, 0.6) is 11.5 Å². The molecule has 0 aliphatic heterocycles. The summed E-state index contributed by atoms with van der Waals surface area (Å²) in [5.41, 5.74) is 4.32. The van der Waals surface area contributed by atoms with Crippen molar-refractivity contribution in [3.05, 3.63) is 59.2 Å². The third-order valence-electron chi connectivity index (χ3n) is 3.01. The van der Waals surface area contributed by atoms with Crippen molar-refractivity contribution in [2.75, 3.05) is 7.11 Å². The molecule has 0 spiro atoms. The molecule has 2 aromatic carbocycles. The molecule has 0 unspecified atom stereocenters. The van der Waals surface area contributed by atoms with Crippen molar-refractivity contribution in [2.45, 2.75) is 6.92 Å². The number of benzene rings is 2. The van der Waals surface area contributed by atoms with Gasteiger partial charge in [0.2, 0.25) is 0 Å². The van der Waals surface area contributed by atoms with Crippen LogP contribution >= 0.6 is 0 Å². The minimum absolute atomic E-state index is 0.0195. The summed E-state index contributed by atoms with van der Waals surface area (Å²) in [6.07, 6.45) is 1.37. The third kappa shape index (κ3) is 3.39. The minimum Gasteiger partial charge on any atom is -0.504 e. The zero-order valence-corrected chi connectivity index (χ0v) is 11.8. The third-order valence-corrected chi connectivity index (χ3v) is 3.01. The highest BCUT2D eigenvalue weighted by atomic mass is 16.5. The molecule has 2 aromatic rings. The molecule has 0 fully saturated rings. The van der Waals surface area contributed by atoms with Gasteiger partial charge in [0.05, 0.1) is 13.3 Å². The number of para-hydroxylation sites is 1. The van der Waals surface area contributed by atoms with Crippen molar-refractivity contribution in [2.24, 2.45) is 5.10 Å². The van der Waals surface area contributed by atoms with Crippen LogP contribution in [0.4, 0.5) is 0 Å². The average molecular weight is 284 g/mol. The molecule has 0 atom stereocenters. The number of hydrazone groups is 1. The van der Waals surface area contributed by atoms with Gasteiger partial charge in [0, 0.05) is 11.1 Å². The topological polar surface area (TPSA) is 70.9 Å². The largest absolute Gasteiger partial charge is 0.504 e. The van der Waals surface area contributed by atoms with Gasteiger partial charge < -0.3 is 9.84 Å². The highest BCUT2D eigenvalue weighted by Crippen LogP contribution is 2.27. The highest BCUT2D eigenvalue weighted by molar-refractivity contribution is 5.96. The van der Waals surface area contributed by atoms with Crippen LogP contribution in [-0.4, -0.2) is 24.3 Å². The van der Waals surface area contributed by atoms with E-state index in [0.717, 1.165) is 5.56 Å². The van der Waals surface area contributed by atoms with E-state index < -0.39 is 0 Å². The van der Waals surface area contributed by atoms with Gasteiger partial charge in [-0.3, -0.25) is 4.79 Å². The Bertz CT molecular complexity index is 681. The van der Waals surface area contributed by atoms with E-state index in [4.69, 9.17) is 4.74 Å². The van der Waals surface area contributed by atoms with Crippen LogP contribution in [0, 0.1) is 6.92 Å². The molecule has 0 aromatic heterocycles. The normalized spacial score (nSPS) is 10.6. The molecule has 0 radical (unpaired) electrons. The lowest BCUT2D eigenvalue weighted by Crippen LogP contribution is -2.18. The molecule has 2 rings (SSSR count). The molecule has 21 heavy (non-hydrogen) atoms. The number of carbonyl (C=O) groups excluding carboxylic acids is 1. The van der Waals surface area contributed by atoms with Crippen LogP contribution in [0.15, 0.2) is 47.6 Å². The Labute approximate surface area is 122 Å². The average Bonchev–Trinajstić information content (AvgIpc) is 2.49. The second-order valence-corrected chi connectivity index (χ2v) is 4.41. The Balaban J connectivity index is 2.10. The molecule has 0 saturated heterocycles. The van der Waals surface area contributed by atoms with Gasteiger partial charge in [0.1, 0.15) is 0 Å². The van der Waals surface area contributed by atoms with E-state index in [1.165, 1.54) is 13.3 Å². The summed E-state index contributed by atoms with van der Waals surface area (Å²) in [6, 6.07) is 12.3. The number of methoxy groups -OCH3 is 1. The zero-order chi connectivity index (χ0) is 15.2. The molecule has 0 aliphatic rings. The lowest BCUT2D eigenvalue weighted by atomic mass is 10.1. The van der Waals surface area contributed by atoms with Crippen LogP contribution in [0.25, 0.3) is 0 Å². The minimum atomic E-state index is -0.299. The second kappa shape index (κ2) is 6.56. The van der Waals surface area contributed by atoms with Gasteiger partial charge in [0.25, 0.3) is 5.91 Å². The van der Waals surface area contributed by atoms with Crippen LogP contribution in [-0.2, 0) is 0 Å². The molecule has 0 bridgehead atoms. The maximum Gasteiger partial charge on any atom is 0.271 e. The van der Waals surface area contributed by atoms with E-state index in [1.54, 1.807) is 30.3 Å². The molecule has 0 saturated carbocycles. The molecular weight excluding hydrogens is 268 g/mol. The number of carbonyl (C=O) groups is 1. The van der Waals surface area contributed by atoms with Gasteiger partial charge in [0.15, 0.2) is 11.5 Å². The Kier molecular flexibility index (Phi) is 4.56. The van der Waals surface area contributed by atoms with Crippen molar-refractivity contribution in [1.82, 2.24) is 5.43 Å². The first-order valence-electron chi connectivity index (χ1n) is 6.38. The Hall–Kier alpha value is -2.82. The van der Waals surface area contributed by atoms with Gasteiger partial charge in [-0.15, -0.1) is 0 Å². The molecule has 108 valence electrons. The summed E-state index contributed by atoms with van der Waals surface area (Å²) in [5, 5.41) is 13.7. The number of phenolic OH excluding ortho intramolecular Hbond substituents is 1. The fraction of sp³-hybridized carbons (Fsp3) is 0.125. The van der Waals surface area contributed by atoms with Crippen LogP contribution < -0.4 is 10.2 Å². The second-order valence-electron chi connectivity index (χ2n) is 4.41. The molecule has 1 amide bonds. The van der Waals surface area contributed by atoms with E-state index in [1.807, 2.05) is 19.1 Å². The number of hydrogen-bond donors (Lipinski definition) is 2. The fourth-order valence-electron chi connectivity index (χ4n) is 1.86. The number of nitrogens with zero attached hydrogens (tertiary/aromatic N) is 1. The van der Waals surface area contributed by atoms with Gasteiger partial charge in [-0.05, 0) is 30.7 Å². The summed E-state index contributed by atoms with van der Waals surface area (Å²) >= 11 is 0. The smallest absolute Gasteiger partial charge is 0.271 e. The van der Waals surface area contributed by atoms with E-state index in [-0.39, 0.29) is 11.7 Å². The van der Waals surface area contributed by atoms with Gasteiger partial charge in [-0.25, -0.2) is 5.43 Å². The van der Waals surface area contributed by atoms with E-state index in [2.05, 4.69) is 10.5 Å². The Morgan fingerprint density at radius 2 is 2.00 bits per heavy atom. The SMILES string of the molecule is COc1cccc(/C=N\NC(=O)c2ccccc2C)c1O. The van der Waals surface area contributed by atoms with Crippen molar-refractivity contribution in [3.8, 4) is 11.5 Å². The number of hydrogen-bond acceptors (Lipinski definition) is 4. The number of phenols is 1. The van der Waals surface area contributed by atoms with Crippen molar-refractivity contribution < 1.29 is 14.6 Å². The van der Waals surface area contributed by atoms with Crippen molar-refractivity contribution in [3.63, 3.8) is 0 Å². The van der Waals surface area contributed by atoms with Crippen LogP contribution in [0.3, 0.4) is 0 Å². The fourth-order valence-corrected chi connectivity index (χ4v) is 1.86. The summed E-state index contributed by atoms with van der Waals surface area (Å²) in [5.74, 6) is 0.0322. The first kappa shape index (κ1) is 14.6. The molecule has 5 nitrogen and oxygen atoms in total. The number of aromatic hydroxyl groups is 1. The standard InChI is InChI=1S/C16H16N2O3/c1-11-6-3-4-8-13(11)16(20)18-17-10-12-7-5-9-14(21-2)15(12)19/h3-10,19H,1-2H3,(H,18,20)/b17-10-. The van der Waals surface area contributed by atoms with Crippen molar-refractivity contribution in [1.29, 1.82) is 0 Å². The first-order valence-corrected chi connectivity index (χ1v) is 6.38. The molecular formula is C16H16N2O3. The zero-order valence-electron chi connectivity index (χ0n) is 11.8. The number of nitrogens with one attached hydrogen (secondary N) is 1. The monoisotopic (exact) mass is 284 g/mol. The maximum atomic E-state index is 12.0. The molecule has 0 heterocycles. The van der Waals surface area contributed by atoms with Gasteiger partial charge in [-0.1, -0.05) is 24.3 Å². The summed E-state index contributed by atoms with van der Waals surface area (Å²) < 4.78 is 5.00. The molecule has 0 aliphatic carbocycles. The molecule has 2 N–H and O–H groups in total. The predicted molar refractivity (Wildman–Crippen MR) is 80.9 cm³/mol. The van der Waals surface area contributed by atoms with Crippen molar-refractivity contribution >= 4 is 12.1 Å². The maximum absolute atomic E-state index is 12.0. The Morgan fingerprint density at radius 1 is 1.24 bits per heavy atom. The van der Waals surface area contributed by atoms with E-state index in [0.29, 0.717) is 16.9 Å². The summed E-state index contributed by atoms with van der Waals surface area (Å²) in [4.78, 5) is 12.0. The van der Waals surface area contributed by atoms with Crippen LogP contribution in [0.2, 0.25) is 0 Å². The van der Waals surface area contributed by atoms with Gasteiger partial charge >= 0.3 is 0 Å². The highest BCUT2D eigenvalue weighted by Gasteiger charge is 2.07. The molecule has 5 heteroatoms. The lowest BCUT2D eigenvalue weighted by Gasteiger charge is -2.05.